The number of benzene rings is 2. The van der Waals surface area contributed by atoms with Gasteiger partial charge in [-0.05, 0) is 53.8 Å². The van der Waals surface area contributed by atoms with E-state index in [4.69, 9.17) is 21.5 Å². The van der Waals surface area contributed by atoms with Gasteiger partial charge in [0.25, 0.3) is 5.91 Å². The van der Waals surface area contributed by atoms with Crippen LogP contribution in [0.1, 0.15) is 32.8 Å². The summed E-state index contributed by atoms with van der Waals surface area (Å²) in [5, 5.41) is 7.50. The molecule has 0 bridgehead atoms. The molecule has 1 aliphatic rings. The lowest BCUT2D eigenvalue weighted by Gasteiger charge is -2.32. The summed E-state index contributed by atoms with van der Waals surface area (Å²) in [5.74, 6) is -0.445. The lowest BCUT2D eigenvalue weighted by molar-refractivity contribution is -0.137. The van der Waals surface area contributed by atoms with Crippen molar-refractivity contribution in [2.45, 2.75) is 38.3 Å². The highest BCUT2D eigenvalue weighted by atomic mass is 35.5. The maximum Gasteiger partial charge on any atom is 0.416 e. The molecular formula is C24H24ClF3N2O4S. The van der Waals surface area contributed by atoms with E-state index in [2.05, 4.69) is 5.32 Å². The number of ether oxygens (including phenoxy) is 1. The van der Waals surface area contributed by atoms with Crippen molar-refractivity contribution in [3.63, 3.8) is 0 Å². The number of primary sulfonamides is 1. The lowest BCUT2D eigenvalue weighted by Crippen LogP contribution is -2.26. The van der Waals surface area contributed by atoms with Gasteiger partial charge in [-0.3, -0.25) is 4.79 Å². The fourth-order valence-corrected chi connectivity index (χ4v) is 4.20. The molecule has 3 N–H and O–H groups in total. The molecule has 1 atom stereocenters. The van der Waals surface area contributed by atoms with E-state index in [1.807, 2.05) is 26.8 Å². The molecule has 6 nitrogen and oxygen atoms in total. The van der Waals surface area contributed by atoms with Crippen LogP contribution in [0.25, 0.3) is 0 Å². The Morgan fingerprint density at radius 2 is 1.83 bits per heavy atom. The van der Waals surface area contributed by atoms with Gasteiger partial charge in [-0.1, -0.05) is 44.5 Å². The molecule has 0 aliphatic heterocycles. The standard InChI is InChI=1S/C24H24ClF3N2O4S/c1-23(2,3)14-7-9-18(22(31)30-16-5-4-6-17(13-16)35(29,32)33)21(12-14)34-20-10-8-15(11-19(20)25)24(26,27)28/h4-11,13-14H,12H2,1-3H3,(H,30,31)(H2,29,32,33). The Labute approximate surface area is 206 Å². The molecule has 2 aromatic carbocycles. The normalized spacial score (nSPS) is 16.9. The van der Waals surface area contributed by atoms with Gasteiger partial charge in [0.2, 0.25) is 10.0 Å². The van der Waals surface area contributed by atoms with E-state index < -0.39 is 27.7 Å². The molecule has 0 heterocycles. The fourth-order valence-electron chi connectivity index (χ4n) is 3.42. The largest absolute Gasteiger partial charge is 0.459 e. The summed E-state index contributed by atoms with van der Waals surface area (Å²) in [6, 6.07) is 8.13. The fraction of sp³-hybridized carbons (Fsp3) is 0.292. The van der Waals surface area contributed by atoms with Crippen LogP contribution in [0.4, 0.5) is 18.9 Å². The molecule has 0 fully saturated rings. The van der Waals surface area contributed by atoms with Gasteiger partial charge in [-0.25, -0.2) is 13.6 Å². The van der Waals surface area contributed by atoms with E-state index in [-0.39, 0.29) is 50.4 Å². The third kappa shape index (κ3) is 6.65. The highest BCUT2D eigenvalue weighted by molar-refractivity contribution is 7.89. The highest BCUT2D eigenvalue weighted by Gasteiger charge is 2.33. The van der Waals surface area contributed by atoms with Crippen LogP contribution >= 0.6 is 11.6 Å². The Kier molecular flexibility index (Phi) is 7.40. The van der Waals surface area contributed by atoms with Gasteiger partial charge < -0.3 is 10.1 Å². The Bertz CT molecular complexity index is 1310. The van der Waals surface area contributed by atoms with Crippen molar-refractivity contribution in [1.82, 2.24) is 0 Å². The predicted octanol–water partition coefficient (Wildman–Crippen LogP) is 5.90. The third-order valence-electron chi connectivity index (χ3n) is 5.47. The summed E-state index contributed by atoms with van der Waals surface area (Å²) in [4.78, 5) is 12.9. The Hall–Kier alpha value is -2.82. The van der Waals surface area contributed by atoms with E-state index in [0.29, 0.717) is 0 Å². The van der Waals surface area contributed by atoms with Crippen LogP contribution in [0.15, 0.2) is 70.8 Å². The smallest absolute Gasteiger partial charge is 0.416 e. The topological polar surface area (TPSA) is 98.5 Å². The van der Waals surface area contributed by atoms with Gasteiger partial charge in [0, 0.05) is 12.1 Å². The van der Waals surface area contributed by atoms with Crippen molar-refractivity contribution >= 4 is 33.2 Å². The molecule has 0 saturated heterocycles. The average Bonchev–Trinajstić information content (AvgIpc) is 2.73. The summed E-state index contributed by atoms with van der Waals surface area (Å²) in [6.07, 6.45) is -0.844. The summed E-state index contributed by atoms with van der Waals surface area (Å²) in [7, 11) is -3.98. The van der Waals surface area contributed by atoms with Crippen molar-refractivity contribution < 1.29 is 31.1 Å². The Balaban J connectivity index is 1.96. The summed E-state index contributed by atoms with van der Waals surface area (Å²) < 4.78 is 68.1. The zero-order valence-corrected chi connectivity index (χ0v) is 20.7. The van der Waals surface area contributed by atoms with Gasteiger partial charge in [-0.15, -0.1) is 0 Å². The molecule has 11 heteroatoms. The second-order valence-corrected chi connectivity index (χ2v) is 11.1. The van der Waals surface area contributed by atoms with Crippen molar-refractivity contribution in [3.8, 4) is 5.75 Å². The van der Waals surface area contributed by atoms with E-state index in [1.54, 1.807) is 6.08 Å². The average molecular weight is 529 g/mol. The van der Waals surface area contributed by atoms with Crippen LogP contribution in [-0.2, 0) is 21.0 Å². The number of nitrogens with one attached hydrogen (secondary N) is 1. The first-order valence-corrected chi connectivity index (χ1v) is 12.4. The van der Waals surface area contributed by atoms with Crippen LogP contribution in [0.5, 0.6) is 5.75 Å². The second-order valence-electron chi connectivity index (χ2n) is 9.14. The number of carbonyl (C=O) groups excluding carboxylic acids is 1. The SMILES string of the molecule is CC(C)(C)C1C=CC(C(=O)Nc2cccc(S(N)(=O)=O)c2)=C(Oc2ccc(C(F)(F)F)cc2Cl)C1. The Morgan fingerprint density at radius 3 is 2.40 bits per heavy atom. The summed E-state index contributed by atoms with van der Waals surface area (Å²) in [5.41, 5.74) is -0.802. The third-order valence-corrected chi connectivity index (χ3v) is 6.68. The molecule has 1 aliphatic carbocycles. The number of allylic oxidation sites excluding steroid dienone is 2. The first kappa shape index (κ1) is 26.8. The number of alkyl halides is 3. The number of rotatable bonds is 5. The van der Waals surface area contributed by atoms with E-state index in [0.717, 1.165) is 18.2 Å². The van der Waals surface area contributed by atoms with Crippen LogP contribution in [-0.4, -0.2) is 14.3 Å². The molecule has 3 rings (SSSR count). The molecule has 1 unspecified atom stereocenters. The van der Waals surface area contributed by atoms with Crippen LogP contribution in [0.3, 0.4) is 0 Å². The number of nitrogens with two attached hydrogens (primary N) is 1. The molecule has 0 spiro atoms. The quantitative estimate of drug-likeness (QED) is 0.504. The van der Waals surface area contributed by atoms with Crippen LogP contribution in [0, 0.1) is 11.3 Å². The highest BCUT2D eigenvalue weighted by Crippen LogP contribution is 2.40. The van der Waals surface area contributed by atoms with Gasteiger partial charge in [0.05, 0.1) is 21.1 Å². The first-order valence-electron chi connectivity index (χ1n) is 10.5. The molecule has 1 amide bonds. The van der Waals surface area contributed by atoms with Crippen LogP contribution < -0.4 is 15.2 Å². The van der Waals surface area contributed by atoms with Gasteiger partial charge in [0.15, 0.2) is 0 Å². The van der Waals surface area contributed by atoms with Crippen molar-refractivity contribution in [1.29, 1.82) is 0 Å². The zero-order chi connectivity index (χ0) is 26.2. The minimum atomic E-state index is -4.57. The number of halogens is 4. The molecule has 0 aromatic heterocycles. The van der Waals surface area contributed by atoms with Gasteiger partial charge in [0.1, 0.15) is 11.5 Å². The van der Waals surface area contributed by atoms with Crippen molar-refractivity contribution in [3.05, 3.63) is 76.5 Å². The number of anilines is 1. The zero-order valence-electron chi connectivity index (χ0n) is 19.1. The van der Waals surface area contributed by atoms with Crippen LogP contribution in [0.2, 0.25) is 5.02 Å². The molecule has 2 aromatic rings. The minimum absolute atomic E-state index is 0.0286. The van der Waals surface area contributed by atoms with E-state index in [9.17, 15) is 26.4 Å². The van der Waals surface area contributed by atoms with Gasteiger partial charge >= 0.3 is 6.18 Å². The minimum Gasteiger partial charge on any atom is -0.459 e. The maximum atomic E-state index is 13.1. The van der Waals surface area contributed by atoms with E-state index >= 15 is 0 Å². The maximum absolute atomic E-state index is 13.1. The summed E-state index contributed by atoms with van der Waals surface area (Å²) >= 11 is 6.06. The van der Waals surface area contributed by atoms with Gasteiger partial charge in [-0.2, -0.15) is 13.2 Å². The summed E-state index contributed by atoms with van der Waals surface area (Å²) in [6.45, 7) is 6.03. The number of hydrogen-bond acceptors (Lipinski definition) is 4. The van der Waals surface area contributed by atoms with E-state index in [1.165, 1.54) is 24.3 Å². The number of hydrogen-bond donors (Lipinski definition) is 2. The molecule has 0 radical (unpaired) electrons. The van der Waals surface area contributed by atoms with Crippen molar-refractivity contribution in [2.75, 3.05) is 5.32 Å². The number of carbonyl (C=O) groups is 1. The monoisotopic (exact) mass is 528 g/mol. The Morgan fingerprint density at radius 1 is 1.14 bits per heavy atom. The molecular weight excluding hydrogens is 505 g/mol. The van der Waals surface area contributed by atoms with Crippen molar-refractivity contribution in [2.24, 2.45) is 16.5 Å². The molecule has 188 valence electrons. The molecule has 35 heavy (non-hydrogen) atoms. The second kappa shape index (κ2) is 9.67. The predicted molar refractivity (Wildman–Crippen MR) is 127 cm³/mol. The molecule has 0 saturated carbocycles. The lowest BCUT2D eigenvalue weighted by atomic mass is 9.75. The number of amides is 1. The first-order chi connectivity index (χ1) is 16.1. The number of sulfonamides is 1.